The van der Waals surface area contributed by atoms with Crippen molar-refractivity contribution in [3.63, 3.8) is 0 Å². The molecule has 0 bridgehead atoms. The lowest BCUT2D eigenvalue weighted by Gasteiger charge is -2.21. The second-order valence-corrected chi connectivity index (χ2v) is 5.84. The molecular formula is C18H17N3O2. The predicted molar refractivity (Wildman–Crippen MR) is 87.2 cm³/mol. The first-order chi connectivity index (χ1) is 11.2. The zero-order valence-electron chi connectivity index (χ0n) is 12.6. The molecule has 0 spiro atoms. The standard InChI is InChI=1S/C18H17N3O2/c22-17-15-5-2-1-4-13(15)6-7-16(17)18(23)20-8-3-9-21-12-19-10-14(21)11-20/h1-2,4-7,10,12,22H,3,8-9,11H2. The normalized spacial score (nSPS) is 14.5. The third-order valence-electron chi connectivity index (χ3n) is 4.40. The molecule has 5 nitrogen and oxygen atoms in total. The zero-order valence-corrected chi connectivity index (χ0v) is 12.6. The molecule has 1 aliphatic rings. The minimum absolute atomic E-state index is 0.0610. The highest BCUT2D eigenvalue weighted by molar-refractivity contribution is 6.03. The first-order valence-electron chi connectivity index (χ1n) is 7.73. The van der Waals surface area contributed by atoms with Crippen molar-refractivity contribution in [2.75, 3.05) is 6.54 Å². The van der Waals surface area contributed by atoms with Gasteiger partial charge in [-0.25, -0.2) is 4.98 Å². The molecule has 1 aliphatic heterocycles. The Morgan fingerprint density at radius 1 is 1.13 bits per heavy atom. The van der Waals surface area contributed by atoms with Gasteiger partial charge in [0, 0.05) is 24.7 Å². The minimum Gasteiger partial charge on any atom is -0.506 e. The molecule has 1 amide bonds. The number of benzene rings is 2. The van der Waals surface area contributed by atoms with Crippen LogP contribution in [0, 0.1) is 0 Å². The summed E-state index contributed by atoms with van der Waals surface area (Å²) in [6, 6.07) is 11.1. The maximum atomic E-state index is 12.9. The van der Waals surface area contributed by atoms with Crippen molar-refractivity contribution in [1.29, 1.82) is 0 Å². The van der Waals surface area contributed by atoms with E-state index in [1.54, 1.807) is 23.5 Å². The van der Waals surface area contributed by atoms with Crippen LogP contribution in [-0.2, 0) is 13.1 Å². The van der Waals surface area contributed by atoms with E-state index in [1.807, 2.05) is 30.3 Å². The van der Waals surface area contributed by atoms with Gasteiger partial charge in [0.2, 0.25) is 0 Å². The summed E-state index contributed by atoms with van der Waals surface area (Å²) in [6.45, 7) is 2.06. The molecular weight excluding hydrogens is 290 g/mol. The molecule has 3 aromatic rings. The summed E-state index contributed by atoms with van der Waals surface area (Å²) >= 11 is 0. The molecule has 2 heterocycles. The Labute approximate surface area is 133 Å². The second-order valence-electron chi connectivity index (χ2n) is 5.84. The Morgan fingerprint density at radius 2 is 2.00 bits per heavy atom. The van der Waals surface area contributed by atoms with Gasteiger partial charge in [-0.1, -0.05) is 30.3 Å². The van der Waals surface area contributed by atoms with Crippen LogP contribution in [0.4, 0.5) is 0 Å². The Balaban J connectivity index is 1.70. The highest BCUT2D eigenvalue weighted by Crippen LogP contribution is 2.30. The summed E-state index contributed by atoms with van der Waals surface area (Å²) in [7, 11) is 0. The van der Waals surface area contributed by atoms with E-state index in [2.05, 4.69) is 9.55 Å². The number of hydrogen-bond acceptors (Lipinski definition) is 3. The summed E-state index contributed by atoms with van der Waals surface area (Å²) in [5.41, 5.74) is 1.38. The van der Waals surface area contributed by atoms with E-state index in [9.17, 15) is 9.90 Å². The summed E-state index contributed by atoms with van der Waals surface area (Å²) in [6.07, 6.45) is 4.48. The van der Waals surface area contributed by atoms with Crippen molar-refractivity contribution >= 4 is 16.7 Å². The molecule has 0 radical (unpaired) electrons. The number of aromatic hydroxyl groups is 1. The molecule has 0 atom stereocenters. The third-order valence-corrected chi connectivity index (χ3v) is 4.40. The molecule has 5 heteroatoms. The van der Waals surface area contributed by atoms with Gasteiger partial charge in [0.25, 0.3) is 5.91 Å². The lowest BCUT2D eigenvalue weighted by Crippen LogP contribution is -2.30. The average molecular weight is 307 g/mol. The van der Waals surface area contributed by atoms with E-state index in [4.69, 9.17) is 0 Å². The van der Waals surface area contributed by atoms with Gasteiger partial charge in [-0.15, -0.1) is 0 Å². The zero-order chi connectivity index (χ0) is 15.8. The second kappa shape index (κ2) is 5.43. The monoisotopic (exact) mass is 307 g/mol. The van der Waals surface area contributed by atoms with Gasteiger partial charge < -0.3 is 14.6 Å². The Kier molecular flexibility index (Phi) is 3.26. The minimum atomic E-state index is -0.136. The number of phenolic OH excluding ortho intramolecular Hbond substituents is 1. The van der Waals surface area contributed by atoms with Crippen LogP contribution in [0.1, 0.15) is 22.5 Å². The fourth-order valence-electron chi connectivity index (χ4n) is 3.16. The molecule has 4 rings (SSSR count). The SMILES string of the molecule is O=C(c1ccc2ccccc2c1O)N1CCCn2cncc2C1. The number of carbonyl (C=O) groups excluding carboxylic acids is 1. The van der Waals surface area contributed by atoms with Crippen LogP contribution >= 0.6 is 0 Å². The van der Waals surface area contributed by atoms with Crippen LogP contribution in [0.5, 0.6) is 5.75 Å². The molecule has 0 aliphatic carbocycles. The van der Waals surface area contributed by atoms with Gasteiger partial charge >= 0.3 is 0 Å². The van der Waals surface area contributed by atoms with Crippen LogP contribution in [0.3, 0.4) is 0 Å². The number of imidazole rings is 1. The lowest BCUT2D eigenvalue weighted by atomic mass is 10.0. The number of hydrogen-bond donors (Lipinski definition) is 1. The first-order valence-corrected chi connectivity index (χ1v) is 7.73. The lowest BCUT2D eigenvalue weighted by molar-refractivity contribution is 0.0743. The van der Waals surface area contributed by atoms with Crippen LogP contribution in [0.2, 0.25) is 0 Å². The van der Waals surface area contributed by atoms with Gasteiger partial charge in [-0.3, -0.25) is 4.79 Å². The molecule has 0 saturated carbocycles. The van der Waals surface area contributed by atoms with Crippen molar-refractivity contribution in [1.82, 2.24) is 14.5 Å². The highest BCUT2D eigenvalue weighted by Gasteiger charge is 2.23. The summed E-state index contributed by atoms with van der Waals surface area (Å²) < 4.78 is 2.08. The maximum absolute atomic E-state index is 12.9. The van der Waals surface area contributed by atoms with Gasteiger partial charge in [0.15, 0.2) is 0 Å². The van der Waals surface area contributed by atoms with E-state index in [1.165, 1.54) is 0 Å². The Bertz CT molecular complexity index is 885. The molecule has 2 aromatic carbocycles. The molecule has 23 heavy (non-hydrogen) atoms. The molecule has 1 aromatic heterocycles. The predicted octanol–water partition coefficient (Wildman–Crippen LogP) is 2.79. The van der Waals surface area contributed by atoms with Crippen LogP contribution < -0.4 is 0 Å². The number of rotatable bonds is 1. The van der Waals surface area contributed by atoms with Gasteiger partial charge in [-0.05, 0) is 17.9 Å². The first kappa shape index (κ1) is 13.8. The third kappa shape index (κ3) is 2.34. The van der Waals surface area contributed by atoms with E-state index < -0.39 is 0 Å². The van der Waals surface area contributed by atoms with Gasteiger partial charge in [-0.2, -0.15) is 0 Å². The van der Waals surface area contributed by atoms with Crippen LogP contribution in [0.15, 0.2) is 48.9 Å². The number of amides is 1. The van der Waals surface area contributed by atoms with Crippen molar-refractivity contribution in [2.45, 2.75) is 19.5 Å². The van der Waals surface area contributed by atoms with Gasteiger partial charge in [0.05, 0.1) is 24.1 Å². The van der Waals surface area contributed by atoms with Crippen molar-refractivity contribution < 1.29 is 9.90 Å². The molecule has 0 saturated heterocycles. The van der Waals surface area contributed by atoms with Crippen LogP contribution in [0.25, 0.3) is 10.8 Å². The fourth-order valence-corrected chi connectivity index (χ4v) is 3.16. The summed E-state index contributed by atoms with van der Waals surface area (Å²) in [4.78, 5) is 18.8. The van der Waals surface area contributed by atoms with Crippen molar-refractivity contribution in [3.05, 3.63) is 60.2 Å². The van der Waals surface area contributed by atoms with Crippen LogP contribution in [-0.4, -0.2) is 32.0 Å². The van der Waals surface area contributed by atoms with Gasteiger partial charge in [0.1, 0.15) is 5.75 Å². The number of phenols is 1. The summed E-state index contributed by atoms with van der Waals surface area (Å²) in [5.74, 6) is -0.0752. The number of aryl methyl sites for hydroxylation is 1. The maximum Gasteiger partial charge on any atom is 0.257 e. The quantitative estimate of drug-likeness (QED) is 0.752. The molecule has 1 N–H and O–H groups in total. The molecule has 0 unspecified atom stereocenters. The van der Waals surface area contributed by atoms with E-state index in [0.717, 1.165) is 24.0 Å². The molecule has 116 valence electrons. The number of aromatic nitrogens is 2. The highest BCUT2D eigenvalue weighted by atomic mass is 16.3. The average Bonchev–Trinajstić information content (AvgIpc) is 2.92. The fraction of sp³-hybridized carbons (Fsp3) is 0.222. The number of fused-ring (bicyclic) bond motifs is 2. The van der Waals surface area contributed by atoms with E-state index in [0.29, 0.717) is 24.0 Å². The smallest absolute Gasteiger partial charge is 0.257 e. The number of nitrogens with zero attached hydrogens (tertiary/aromatic N) is 3. The Hall–Kier alpha value is -2.82. The van der Waals surface area contributed by atoms with E-state index in [-0.39, 0.29) is 11.7 Å². The van der Waals surface area contributed by atoms with E-state index >= 15 is 0 Å². The Morgan fingerprint density at radius 3 is 2.91 bits per heavy atom. The summed E-state index contributed by atoms with van der Waals surface area (Å²) in [5, 5.41) is 12.1. The van der Waals surface area contributed by atoms with Crippen molar-refractivity contribution in [2.24, 2.45) is 0 Å². The molecule has 0 fully saturated rings. The number of carbonyl (C=O) groups is 1. The largest absolute Gasteiger partial charge is 0.506 e. The van der Waals surface area contributed by atoms with Crippen molar-refractivity contribution in [3.8, 4) is 5.75 Å². The topological polar surface area (TPSA) is 58.4 Å².